The van der Waals surface area contributed by atoms with Crippen LogP contribution in [0.15, 0.2) is 40.3 Å². The minimum absolute atomic E-state index is 0.206. The van der Waals surface area contributed by atoms with Crippen LogP contribution in [0.1, 0.15) is 56.1 Å². The molecule has 8 heteroatoms. The number of fused-ring (bicyclic) bond motifs is 4. The van der Waals surface area contributed by atoms with Crippen LogP contribution in [0.25, 0.3) is 22.3 Å². The number of para-hydroxylation sites is 1. The Kier molecular flexibility index (Phi) is 5.56. The molecule has 2 aromatic heterocycles. The van der Waals surface area contributed by atoms with E-state index >= 15 is 0 Å². The standard InChI is InChI=1S/C24H25N3O5/c1-14(29)16-9-21-22-18(11-27(21)23(30)19(16)12-31-13-28)17(10-25-32-24(2,3)4)15-7-5-6-8-20(15)26-22/h5-10,13-14,29H,11-12H2,1-4H3/b25-10+. The Bertz CT molecular complexity index is 1290. The Morgan fingerprint density at radius 3 is 2.75 bits per heavy atom. The van der Waals surface area contributed by atoms with Crippen LogP contribution in [-0.2, 0) is 27.5 Å². The molecule has 0 aliphatic carbocycles. The lowest BCUT2D eigenvalue weighted by atomic mass is 10.00. The second kappa shape index (κ2) is 8.20. The van der Waals surface area contributed by atoms with Crippen molar-refractivity contribution in [1.82, 2.24) is 9.55 Å². The number of hydrogen-bond acceptors (Lipinski definition) is 7. The number of nitrogens with zero attached hydrogens (tertiary/aromatic N) is 3. The topological polar surface area (TPSA) is 103 Å². The average Bonchev–Trinajstić information content (AvgIpc) is 3.10. The van der Waals surface area contributed by atoms with Crippen LogP contribution in [-0.4, -0.2) is 32.9 Å². The second-order valence-corrected chi connectivity index (χ2v) is 8.75. The number of carbonyl (C=O) groups excluding carboxylic acids is 1. The van der Waals surface area contributed by atoms with Crippen molar-refractivity contribution in [1.29, 1.82) is 0 Å². The van der Waals surface area contributed by atoms with Crippen molar-refractivity contribution in [3.05, 3.63) is 62.9 Å². The first-order valence-electron chi connectivity index (χ1n) is 10.3. The number of hydrogen-bond donors (Lipinski definition) is 1. The van der Waals surface area contributed by atoms with Crippen molar-refractivity contribution in [2.45, 2.75) is 52.6 Å². The lowest BCUT2D eigenvalue weighted by Crippen LogP contribution is -2.26. The van der Waals surface area contributed by atoms with Gasteiger partial charge >= 0.3 is 0 Å². The van der Waals surface area contributed by atoms with Gasteiger partial charge in [-0.1, -0.05) is 23.4 Å². The number of aliphatic hydroxyl groups is 1. The number of ether oxygens (including phenoxy) is 1. The number of pyridine rings is 2. The third kappa shape index (κ3) is 3.89. The van der Waals surface area contributed by atoms with E-state index in [0.29, 0.717) is 17.0 Å². The second-order valence-electron chi connectivity index (χ2n) is 8.75. The van der Waals surface area contributed by atoms with E-state index in [0.717, 1.165) is 22.0 Å². The van der Waals surface area contributed by atoms with Crippen molar-refractivity contribution in [2.24, 2.45) is 5.16 Å². The van der Waals surface area contributed by atoms with Gasteiger partial charge in [-0.05, 0) is 45.4 Å². The molecule has 3 heterocycles. The zero-order valence-corrected chi connectivity index (χ0v) is 18.5. The molecule has 3 aromatic rings. The highest BCUT2D eigenvalue weighted by atomic mass is 16.6. The smallest absolute Gasteiger partial charge is 0.293 e. The molecular weight excluding hydrogens is 410 g/mol. The molecule has 1 aliphatic rings. The molecule has 1 unspecified atom stereocenters. The molecule has 8 nitrogen and oxygen atoms in total. The zero-order chi connectivity index (χ0) is 23.0. The van der Waals surface area contributed by atoms with E-state index in [1.54, 1.807) is 23.8 Å². The van der Waals surface area contributed by atoms with Crippen molar-refractivity contribution < 1.29 is 19.5 Å². The van der Waals surface area contributed by atoms with E-state index in [9.17, 15) is 14.7 Å². The van der Waals surface area contributed by atoms with Crippen LogP contribution in [0.4, 0.5) is 0 Å². The molecule has 0 saturated heterocycles. The third-order valence-electron chi connectivity index (χ3n) is 5.29. The maximum atomic E-state index is 13.3. The molecule has 32 heavy (non-hydrogen) atoms. The number of aromatic nitrogens is 2. The fraction of sp³-hybridized carbons (Fsp3) is 0.333. The summed E-state index contributed by atoms with van der Waals surface area (Å²) in [6, 6.07) is 9.43. The van der Waals surface area contributed by atoms with Crippen LogP contribution in [0, 0.1) is 0 Å². The molecule has 1 atom stereocenters. The number of benzene rings is 1. The van der Waals surface area contributed by atoms with Gasteiger partial charge in [-0.15, -0.1) is 0 Å². The summed E-state index contributed by atoms with van der Waals surface area (Å²) in [6.07, 6.45) is 0.751. The minimum atomic E-state index is -0.912. The Labute approximate surface area is 185 Å². The van der Waals surface area contributed by atoms with Crippen molar-refractivity contribution in [3.63, 3.8) is 0 Å². The Balaban J connectivity index is 1.94. The molecule has 0 amide bonds. The highest BCUT2D eigenvalue weighted by molar-refractivity contribution is 6.02. The van der Waals surface area contributed by atoms with Gasteiger partial charge in [0.15, 0.2) is 0 Å². The van der Waals surface area contributed by atoms with E-state index in [4.69, 9.17) is 14.6 Å². The number of aliphatic hydroxyl groups excluding tert-OH is 1. The Morgan fingerprint density at radius 1 is 1.31 bits per heavy atom. The summed E-state index contributed by atoms with van der Waals surface area (Å²) in [5.41, 5.74) is 3.58. The molecule has 0 bridgehead atoms. The van der Waals surface area contributed by atoms with E-state index < -0.39 is 11.7 Å². The molecule has 1 aromatic carbocycles. The minimum Gasteiger partial charge on any atom is -0.463 e. The third-order valence-corrected chi connectivity index (χ3v) is 5.29. The highest BCUT2D eigenvalue weighted by Crippen LogP contribution is 2.36. The van der Waals surface area contributed by atoms with Gasteiger partial charge in [0.1, 0.15) is 12.2 Å². The van der Waals surface area contributed by atoms with Gasteiger partial charge in [-0.3, -0.25) is 9.59 Å². The monoisotopic (exact) mass is 435 g/mol. The van der Waals surface area contributed by atoms with Crippen molar-refractivity contribution in [2.75, 3.05) is 0 Å². The Morgan fingerprint density at radius 2 is 2.06 bits per heavy atom. The van der Waals surface area contributed by atoms with E-state index in [2.05, 4.69) is 5.16 Å². The normalized spacial score (nSPS) is 13.8. The SMILES string of the molecule is CC(O)c1cc2n(c(=O)c1COC=O)Cc1c-2nc2ccccc2c1/C=N/OC(C)(C)C. The predicted octanol–water partition coefficient (Wildman–Crippen LogP) is 3.30. The number of carbonyl (C=O) groups is 1. The fourth-order valence-corrected chi connectivity index (χ4v) is 3.89. The first-order chi connectivity index (χ1) is 15.2. The molecule has 166 valence electrons. The van der Waals surface area contributed by atoms with Gasteiger partial charge in [0.2, 0.25) is 0 Å². The van der Waals surface area contributed by atoms with Gasteiger partial charge < -0.3 is 19.2 Å². The summed E-state index contributed by atoms with van der Waals surface area (Å²) in [7, 11) is 0. The molecule has 1 aliphatic heterocycles. The van der Waals surface area contributed by atoms with Crippen LogP contribution in [0.5, 0.6) is 0 Å². The zero-order valence-electron chi connectivity index (χ0n) is 18.5. The maximum absolute atomic E-state index is 13.3. The molecule has 0 fully saturated rings. The number of oxime groups is 1. The first-order valence-corrected chi connectivity index (χ1v) is 10.3. The average molecular weight is 435 g/mol. The first kappa shape index (κ1) is 21.7. The summed E-state index contributed by atoms with van der Waals surface area (Å²) >= 11 is 0. The summed E-state index contributed by atoms with van der Waals surface area (Å²) in [6.45, 7) is 7.67. The summed E-state index contributed by atoms with van der Waals surface area (Å²) in [5.74, 6) is 0. The molecule has 0 spiro atoms. The van der Waals surface area contributed by atoms with Gasteiger partial charge in [-0.2, -0.15) is 0 Å². The van der Waals surface area contributed by atoms with E-state index in [1.807, 2.05) is 45.0 Å². The van der Waals surface area contributed by atoms with Crippen LogP contribution in [0.3, 0.4) is 0 Å². The van der Waals surface area contributed by atoms with E-state index in [-0.39, 0.29) is 30.7 Å². The van der Waals surface area contributed by atoms with Gasteiger partial charge in [0, 0.05) is 16.5 Å². The van der Waals surface area contributed by atoms with Crippen LogP contribution >= 0.6 is 0 Å². The highest BCUT2D eigenvalue weighted by Gasteiger charge is 2.28. The summed E-state index contributed by atoms with van der Waals surface area (Å²) in [4.78, 5) is 34.4. The predicted molar refractivity (Wildman–Crippen MR) is 120 cm³/mol. The lowest BCUT2D eigenvalue weighted by molar-refractivity contribution is -0.129. The maximum Gasteiger partial charge on any atom is 0.293 e. The molecule has 4 rings (SSSR count). The summed E-state index contributed by atoms with van der Waals surface area (Å²) < 4.78 is 6.43. The Hall–Kier alpha value is -3.52. The largest absolute Gasteiger partial charge is 0.463 e. The van der Waals surface area contributed by atoms with Gasteiger partial charge in [-0.25, -0.2) is 4.98 Å². The quantitative estimate of drug-likeness (QED) is 0.283. The van der Waals surface area contributed by atoms with Crippen LogP contribution in [0.2, 0.25) is 0 Å². The molecular formula is C24H25N3O5. The van der Waals surface area contributed by atoms with Crippen LogP contribution < -0.4 is 5.56 Å². The van der Waals surface area contributed by atoms with Crippen molar-refractivity contribution in [3.8, 4) is 11.4 Å². The lowest BCUT2D eigenvalue weighted by Gasteiger charge is -2.15. The van der Waals surface area contributed by atoms with Crippen molar-refractivity contribution >= 4 is 23.6 Å². The summed E-state index contributed by atoms with van der Waals surface area (Å²) in [5, 5.41) is 15.4. The molecule has 0 saturated carbocycles. The van der Waals surface area contributed by atoms with E-state index in [1.165, 1.54) is 0 Å². The number of rotatable bonds is 6. The molecule has 1 N–H and O–H groups in total. The fourth-order valence-electron chi connectivity index (χ4n) is 3.89. The van der Waals surface area contributed by atoms with Gasteiger partial charge in [0.05, 0.1) is 41.3 Å². The van der Waals surface area contributed by atoms with Gasteiger partial charge in [0.25, 0.3) is 12.0 Å². The molecule has 0 radical (unpaired) electrons.